The first kappa shape index (κ1) is 19.5. The van der Waals surface area contributed by atoms with E-state index in [1.807, 2.05) is 57.2 Å². The number of aromatic nitrogens is 3. The van der Waals surface area contributed by atoms with E-state index in [-0.39, 0.29) is 0 Å². The van der Waals surface area contributed by atoms with Crippen LogP contribution in [0.2, 0.25) is 0 Å². The summed E-state index contributed by atoms with van der Waals surface area (Å²) in [6.07, 6.45) is 7.20. The molecule has 1 heterocycles. The molecule has 3 atom stereocenters. The van der Waals surface area contributed by atoms with Crippen molar-refractivity contribution < 1.29 is 14.6 Å². The van der Waals surface area contributed by atoms with Gasteiger partial charge >= 0.3 is 0 Å². The summed E-state index contributed by atoms with van der Waals surface area (Å²) in [6.45, 7) is 5.81. The van der Waals surface area contributed by atoms with Gasteiger partial charge in [-0.2, -0.15) is 5.10 Å². The lowest BCUT2D eigenvalue weighted by Crippen LogP contribution is -2.37. The number of hydrogen-bond donors (Lipinski definition) is 1. The van der Waals surface area contributed by atoms with Crippen LogP contribution in [-0.4, -0.2) is 31.0 Å². The normalized spacial score (nSPS) is 22.0. The Kier molecular flexibility index (Phi) is 5.58. The molecule has 3 rings (SSSR count). The van der Waals surface area contributed by atoms with Crippen LogP contribution in [0.15, 0.2) is 67.0 Å². The molecule has 0 saturated carbocycles. The number of halogens is 1. The van der Waals surface area contributed by atoms with Gasteiger partial charge in [0.25, 0.3) is 0 Å². The van der Waals surface area contributed by atoms with Gasteiger partial charge in [0.2, 0.25) is 11.3 Å². The van der Waals surface area contributed by atoms with Gasteiger partial charge in [-0.1, -0.05) is 50.6 Å². The van der Waals surface area contributed by atoms with Crippen molar-refractivity contribution in [1.82, 2.24) is 14.8 Å². The zero-order valence-electron chi connectivity index (χ0n) is 15.6. The lowest BCUT2D eigenvalue weighted by atomic mass is 9.88. The first-order valence-corrected chi connectivity index (χ1v) is 9.16. The van der Waals surface area contributed by atoms with E-state index in [1.165, 1.54) is 17.3 Å². The van der Waals surface area contributed by atoms with Crippen molar-refractivity contribution >= 4 is 11.6 Å². The van der Waals surface area contributed by atoms with E-state index in [1.54, 1.807) is 12.2 Å². The second-order valence-corrected chi connectivity index (χ2v) is 8.18. The van der Waals surface area contributed by atoms with Gasteiger partial charge in [-0.3, -0.25) is 0 Å². The third kappa shape index (κ3) is 4.90. The number of aliphatic hydroxyl groups is 1. The largest absolute Gasteiger partial charge is 0.468 e. The van der Waals surface area contributed by atoms with Gasteiger partial charge in [-0.25, -0.2) is 9.67 Å². The van der Waals surface area contributed by atoms with Crippen LogP contribution < -0.4 is 4.74 Å². The molecule has 0 spiro atoms. The third-order valence-electron chi connectivity index (χ3n) is 4.22. The Bertz CT molecular complexity index is 800. The van der Waals surface area contributed by atoms with E-state index >= 15 is 0 Å². The van der Waals surface area contributed by atoms with Crippen molar-refractivity contribution in [2.75, 3.05) is 0 Å². The molecular formula is C20H24ClN3O3. The number of rotatable bonds is 6. The van der Waals surface area contributed by atoms with Gasteiger partial charge in [-0.15, -0.1) is 0 Å². The average molecular weight is 390 g/mol. The molecule has 0 radical (unpaired) electrons. The summed E-state index contributed by atoms with van der Waals surface area (Å²) >= 11 is 6.56. The summed E-state index contributed by atoms with van der Waals surface area (Å²) in [5.41, 5.74) is -0.401. The quantitative estimate of drug-likeness (QED) is 0.754. The van der Waals surface area contributed by atoms with E-state index in [0.717, 1.165) is 0 Å². The first-order chi connectivity index (χ1) is 12.8. The minimum atomic E-state index is -0.973. The van der Waals surface area contributed by atoms with Crippen LogP contribution in [0.4, 0.5) is 0 Å². The van der Waals surface area contributed by atoms with Crippen molar-refractivity contribution in [2.24, 2.45) is 5.41 Å². The Morgan fingerprint density at radius 2 is 2.00 bits per heavy atom. The van der Waals surface area contributed by atoms with Gasteiger partial charge in [0, 0.05) is 6.42 Å². The van der Waals surface area contributed by atoms with Crippen molar-refractivity contribution in [3.05, 3.63) is 67.0 Å². The summed E-state index contributed by atoms with van der Waals surface area (Å²) in [6, 6.07) is 9.41. The Hall–Kier alpha value is -2.31. The summed E-state index contributed by atoms with van der Waals surface area (Å²) in [5.74, 6) is 1.28. The number of alkyl halides is 1. The fraction of sp³-hybridized carbons (Fsp3) is 0.400. The molecule has 144 valence electrons. The second kappa shape index (κ2) is 7.74. The number of benzene rings is 1. The van der Waals surface area contributed by atoms with Crippen molar-refractivity contribution in [3.63, 3.8) is 0 Å². The van der Waals surface area contributed by atoms with E-state index in [0.29, 0.717) is 17.9 Å². The highest BCUT2D eigenvalue weighted by molar-refractivity contribution is 6.24. The summed E-state index contributed by atoms with van der Waals surface area (Å²) in [5, 5.41) is 13.9. The second-order valence-electron chi connectivity index (χ2n) is 7.54. The molecular weight excluding hydrogens is 366 g/mol. The maximum absolute atomic E-state index is 10.7. The fourth-order valence-electron chi connectivity index (χ4n) is 2.61. The fourth-order valence-corrected chi connectivity index (χ4v) is 2.84. The molecule has 3 unspecified atom stereocenters. The Morgan fingerprint density at radius 3 is 2.56 bits per heavy atom. The highest BCUT2D eigenvalue weighted by atomic mass is 35.5. The SMILES string of the molecule is CC(C)(C)C(O)C(OC1=CCC(Cl)(Oc2ccccc2)C=C1)n1cncn1. The molecule has 27 heavy (non-hydrogen) atoms. The topological polar surface area (TPSA) is 69.4 Å². The van der Waals surface area contributed by atoms with Gasteiger partial charge < -0.3 is 14.6 Å². The first-order valence-electron chi connectivity index (χ1n) is 8.78. The molecule has 0 aliphatic heterocycles. The number of aliphatic hydroxyl groups excluding tert-OH is 1. The van der Waals surface area contributed by atoms with Crippen LogP contribution in [0, 0.1) is 5.41 Å². The number of hydrogen-bond acceptors (Lipinski definition) is 5. The third-order valence-corrected chi connectivity index (χ3v) is 4.58. The van der Waals surface area contributed by atoms with Crippen LogP contribution in [-0.2, 0) is 4.74 Å². The average Bonchev–Trinajstić information content (AvgIpc) is 3.15. The van der Waals surface area contributed by atoms with Gasteiger partial charge in [0.15, 0.2) is 0 Å². The summed E-state index contributed by atoms with van der Waals surface area (Å²) < 4.78 is 13.4. The van der Waals surface area contributed by atoms with Gasteiger partial charge in [0.1, 0.15) is 30.3 Å². The maximum Gasteiger partial charge on any atom is 0.219 e. The standard InChI is InChI=1S/C20H24ClN3O3/c1-19(2,3)17(25)18(24-14-22-13-23-24)26-15-9-11-20(21,12-10-15)27-16-7-5-4-6-8-16/h4-11,13-14,17-18,25H,12H2,1-3H3. The minimum absolute atomic E-state index is 0.401. The van der Waals surface area contributed by atoms with Gasteiger partial charge in [0.05, 0.1) is 0 Å². The molecule has 1 aromatic carbocycles. The molecule has 7 heteroatoms. The Balaban J connectivity index is 1.71. The molecule has 0 bridgehead atoms. The Labute approximate surface area is 164 Å². The predicted octanol–water partition coefficient (Wildman–Crippen LogP) is 4.06. The van der Waals surface area contributed by atoms with E-state index in [4.69, 9.17) is 21.1 Å². The van der Waals surface area contributed by atoms with Crippen molar-refractivity contribution in [1.29, 1.82) is 0 Å². The zero-order valence-corrected chi connectivity index (χ0v) is 16.4. The van der Waals surface area contributed by atoms with Crippen LogP contribution in [0.1, 0.15) is 33.4 Å². The number of nitrogens with zero attached hydrogens (tertiary/aromatic N) is 3. The molecule has 6 nitrogen and oxygen atoms in total. The van der Waals surface area contributed by atoms with Gasteiger partial charge in [-0.05, 0) is 35.8 Å². The molecule has 2 aromatic rings. The van der Waals surface area contributed by atoms with Crippen LogP contribution in [0.25, 0.3) is 0 Å². The lowest BCUT2D eigenvalue weighted by Gasteiger charge is -2.34. The highest BCUT2D eigenvalue weighted by Gasteiger charge is 2.35. The smallest absolute Gasteiger partial charge is 0.219 e. The number of ether oxygens (including phenoxy) is 2. The highest BCUT2D eigenvalue weighted by Crippen LogP contribution is 2.34. The molecule has 1 aliphatic rings. The van der Waals surface area contributed by atoms with Crippen LogP contribution in [0.3, 0.4) is 0 Å². The molecule has 0 fully saturated rings. The molecule has 0 saturated heterocycles. The minimum Gasteiger partial charge on any atom is -0.468 e. The molecule has 1 aromatic heterocycles. The molecule has 1 aliphatic carbocycles. The molecule has 0 amide bonds. The van der Waals surface area contributed by atoms with E-state index in [9.17, 15) is 5.11 Å². The summed E-state index contributed by atoms with van der Waals surface area (Å²) in [7, 11) is 0. The van der Waals surface area contributed by atoms with E-state index in [2.05, 4.69) is 10.1 Å². The summed E-state index contributed by atoms with van der Waals surface area (Å²) in [4.78, 5) is 3.95. The molecule has 1 N–H and O–H groups in total. The van der Waals surface area contributed by atoms with Crippen molar-refractivity contribution in [2.45, 2.75) is 44.6 Å². The van der Waals surface area contributed by atoms with Crippen molar-refractivity contribution in [3.8, 4) is 5.75 Å². The monoisotopic (exact) mass is 389 g/mol. The van der Waals surface area contributed by atoms with Crippen LogP contribution >= 0.6 is 11.6 Å². The predicted molar refractivity (Wildman–Crippen MR) is 103 cm³/mol. The lowest BCUT2D eigenvalue weighted by molar-refractivity contribution is -0.100. The van der Waals surface area contributed by atoms with Crippen LogP contribution in [0.5, 0.6) is 5.75 Å². The van der Waals surface area contributed by atoms with E-state index < -0.39 is 22.8 Å². The number of para-hydroxylation sites is 1. The maximum atomic E-state index is 10.7. The Morgan fingerprint density at radius 1 is 1.26 bits per heavy atom. The zero-order chi connectivity index (χ0) is 19.5. The number of allylic oxidation sites excluding steroid dienone is 1.